The Balaban J connectivity index is 0.000000749. The van der Waals surface area contributed by atoms with Gasteiger partial charge in [0, 0.05) is 38.6 Å². The van der Waals surface area contributed by atoms with E-state index in [9.17, 15) is 0 Å². The molecule has 1 aromatic carbocycles. The SMILES string of the molecule is [Cu+2].[N-]=[N+]=[N-].[O-][Cl+3]([O-])([O-])[O-].c1ccc(CNc2cccc(CN(Cc3ccccn3)Cc3ccccn3)n2)cc1. The summed E-state index contributed by atoms with van der Waals surface area (Å²) in [4.78, 5) is 17.6. The topological polar surface area (TPSA) is 205 Å². The summed E-state index contributed by atoms with van der Waals surface area (Å²) in [6.45, 7) is 2.94. The third-order valence-corrected chi connectivity index (χ3v) is 4.73. The summed E-state index contributed by atoms with van der Waals surface area (Å²) < 4.78 is 34.0. The van der Waals surface area contributed by atoms with Crippen LogP contribution in [0.25, 0.3) is 16.0 Å². The Morgan fingerprint density at radius 2 is 1.15 bits per heavy atom. The van der Waals surface area contributed by atoms with Gasteiger partial charge in [-0.2, -0.15) is 0 Å². The Morgan fingerprint density at radius 1 is 0.692 bits per heavy atom. The Bertz CT molecular complexity index is 1190. The Labute approximate surface area is 238 Å². The van der Waals surface area contributed by atoms with E-state index in [2.05, 4.69) is 56.6 Å². The van der Waals surface area contributed by atoms with Crippen LogP contribution in [0.3, 0.4) is 0 Å². The van der Waals surface area contributed by atoms with E-state index >= 15 is 0 Å². The quantitative estimate of drug-likeness (QED) is 0.125. The number of benzene rings is 1. The van der Waals surface area contributed by atoms with E-state index in [0.717, 1.165) is 42.5 Å². The second-order valence-electron chi connectivity index (χ2n) is 7.61. The van der Waals surface area contributed by atoms with E-state index in [1.165, 1.54) is 10.5 Å². The maximum Gasteiger partial charge on any atom is 2.00 e. The number of hydrogen-bond donors (Lipinski definition) is 1. The van der Waals surface area contributed by atoms with Crippen molar-refractivity contribution in [3.63, 3.8) is 0 Å². The fourth-order valence-corrected chi connectivity index (χ4v) is 3.29. The van der Waals surface area contributed by atoms with E-state index in [1.807, 2.05) is 60.9 Å². The van der Waals surface area contributed by atoms with Gasteiger partial charge in [-0.25, -0.2) is 23.6 Å². The van der Waals surface area contributed by atoms with Crippen LogP contribution >= 0.6 is 0 Å². The number of aromatic nitrogens is 3. The molecular formula is C25H25ClCuN8O4. The molecule has 1 radical (unpaired) electrons. The first-order chi connectivity index (χ1) is 18.3. The molecule has 0 saturated heterocycles. The van der Waals surface area contributed by atoms with Gasteiger partial charge in [-0.05, 0) is 42.0 Å². The molecular weight excluding hydrogens is 575 g/mol. The second-order valence-corrected chi connectivity index (χ2v) is 8.36. The van der Waals surface area contributed by atoms with Crippen LogP contribution < -0.4 is 24.0 Å². The molecule has 3 aromatic heterocycles. The molecule has 0 spiro atoms. The van der Waals surface area contributed by atoms with Crippen molar-refractivity contribution in [2.24, 2.45) is 0 Å². The molecule has 39 heavy (non-hydrogen) atoms. The van der Waals surface area contributed by atoms with E-state index < -0.39 is 10.2 Å². The average molecular weight is 601 g/mol. The van der Waals surface area contributed by atoms with Crippen molar-refractivity contribution in [3.8, 4) is 0 Å². The van der Waals surface area contributed by atoms with Gasteiger partial charge in [0.15, 0.2) is 0 Å². The fraction of sp³-hybridized carbons (Fsp3) is 0.160. The fourth-order valence-electron chi connectivity index (χ4n) is 3.29. The van der Waals surface area contributed by atoms with Crippen molar-refractivity contribution in [2.75, 3.05) is 5.32 Å². The summed E-state index contributed by atoms with van der Waals surface area (Å²) in [5.41, 5.74) is 17.8. The molecule has 0 saturated carbocycles. The molecule has 12 nitrogen and oxygen atoms in total. The Hall–Kier alpha value is -3.61. The molecule has 0 atom stereocenters. The second kappa shape index (κ2) is 18.6. The zero-order valence-corrected chi connectivity index (χ0v) is 22.2. The smallest absolute Gasteiger partial charge is 0.373 e. The van der Waals surface area contributed by atoms with Crippen LogP contribution in [0.4, 0.5) is 5.82 Å². The monoisotopic (exact) mass is 599 g/mol. The van der Waals surface area contributed by atoms with E-state index in [0.29, 0.717) is 6.54 Å². The third-order valence-electron chi connectivity index (χ3n) is 4.73. The van der Waals surface area contributed by atoms with Crippen LogP contribution in [-0.4, -0.2) is 19.9 Å². The molecule has 0 unspecified atom stereocenters. The number of nitrogens with one attached hydrogen (secondary N) is 1. The minimum absolute atomic E-state index is 0. The molecule has 1 N–H and O–H groups in total. The molecule has 0 aliphatic carbocycles. The van der Waals surface area contributed by atoms with Gasteiger partial charge in [0.25, 0.3) is 0 Å². The molecule has 4 aromatic rings. The predicted octanol–water partition coefficient (Wildman–Crippen LogP) is 0.794. The molecule has 0 bridgehead atoms. The van der Waals surface area contributed by atoms with Gasteiger partial charge in [-0.1, -0.05) is 48.5 Å². The molecule has 207 valence electrons. The van der Waals surface area contributed by atoms with Crippen molar-refractivity contribution in [1.29, 1.82) is 0 Å². The minimum Gasteiger partial charge on any atom is -0.373 e. The van der Waals surface area contributed by atoms with Crippen LogP contribution in [0.15, 0.2) is 97.3 Å². The number of nitrogens with zero attached hydrogens (tertiary/aromatic N) is 7. The van der Waals surface area contributed by atoms with E-state index in [4.69, 9.17) is 34.7 Å². The van der Waals surface area contributed by atoms with Crippen molar-refractivity contribution in [2.45, 2.75) is 26.2 Å². The molecule has 0 aliphatic heterocycles. The molecule has 4 rings (SSSR count). The summed E-state index contributed by atoms with van der Waals surface area (Å²) in [5.74, 6) is 0.881. The maximum atomic E-state index is 8.49. The van der Waals surface area contributed by atoms with Gasteiger partial charge in [0.05, 0.1) is 17.1 Å². The summed E-state index contributed by atoms with van der Waals surface area (Å²) >= 11 is 0. The molecule has 0 aliphatic rings. The standard InChI is InChI=1S/C25H25N5.ClHO4.Cu.N3/c1-2-9-21(10-3-1)17-28-25-14-8-13-24(29-25)20-30(18-22-11-4-6-15-26-22)19-23-12-5-7-16-27-23;2-1(3,4)5;;1-3-2/h1-16H,17-20H2,(H,28,29);(H,2,3,4,5);;/q;;+2;-1/p-1. The Morgan fingerprint density at radius 3 is 1.64 bits per heavy atom. The maximum absolute atomic E-state index is 8.49. The van der Waals surface area contributed by atoms with Gasteiger partial charge in [0.2, 0.25) is 0 Å². The van der Waals surface area contributed by atoms with Crippen molar-refractivity contribution >= 4 is 5.82 Å². The first-order valence-electron chi connectivity index (χ1n) is 11.1. The number of rotatable bonds is 9. The summed E-state index contributed by atoms with van der Waals surface area (Å²) in [6, 6.07) is 28.5. The van der Waals surface area contributed by atoms with Gasteiger partial charge in [0.1, 0.15) is 5.82 Å². The Kier molecular flexibility index (Phi) is 15.9. The van der Waals surface area contributed by atoms with E-state index in [-0.39, 0.29) is 17.1 Å². The van der Waals surface area contributed by atoms with Gasteiger partial charge in [-0.15, -0.1) is 10.2 Å². The minimum atomic E-state index is -4.94. The van der Waals surface area contributed by atoms with Crippen molar-refractivity contribution in [1.82, 2.24) is 19.9 Å². The van der Waals surface area contributed by atoms with Crippen LogP contribution in [0.1, 0.15) is 22.6 Å². The average Bonchev–Trinajstić information content (AvgIpc) is 2.89. The van der Waals surface area contributed by atoms with Crippen LogP contribution in [-0.2, 0) is 43.2 Å². The van der Waals surface area contributed by atoms with Gasteiger partial charge < -0.3 is 16.4 Å². The molecule has 0 amide bonds. The first kappa shape index (κ1) is 33.4. The third kappa shape index (κ3) is 16.1. The van der Waals surface area contributed by atoms with Gasteiger partial charge >= 0.3 is 17.1 Å². The van der Waals surface area contributed by atoms with Crippen molar-refractivity contribution in [3.05, 3.63) is 136 Å². The normalized spacial score (nSPS) is 10.1. The number of pyridine rings is 3. The number of halogens is 1. The zero-order chi connectivity index (χ0) is 27.6. The summed E-state index contributed by atoms with van der Waals surface area (Å²) in [7, 11) is -4.94. The van der Waals surface area contributed by atoms with Gasteiger partial charge in [-0.3, -0.25) is 19.8 Å². The number of anilines is 1. The summed E-state index contributed by atoms with van der Waals surface area (Å²) in [5, 5.41) is 3.42. The first-order valence-corrected chi connectivity index (χ1v) is 12.4. The van der Waals surface area contributed by atoms with Crippen molar-refractivity contribution < 1.29 is 45.9 Å². The van der Waals surface area contributed by atoms with Crippen LogP contribution in [0.2, 0.25) is 0 Å². The molecule has 0 fully saturated rings. The summed E-state index contributed by atoms with van der Waals surface area (Å²) in [6.07, 6.45) is 3.67. The predicted molar refractivity (Wildman–Crippen MR) is 130 cm³/mol. The largest absolute Gasteiger partial charge is 2.00 e. The molecule has 14 heteroatoms. The van der Waals surface area contributed by atoms with E-state index in [1.54, 1.807) is 0 Å². The molecule has 3 heterocycles. The van der Waals surface area contributed by atoms with Crippen LogP contribution in [0.5, 0.6) is 0 Å². The van der Waals surface area contributed by atoms with Crippen LogP contribution in [0, 0.1) is 10.2 Å². The number of hydrogen-bond acceptors (Lipinski definition) is 9. The zero-order valence-electron chi connectivity index (χ0n) is 20.5.